The van der Waals surface area contributed by atoms with E-state index in [-0.39, 0.29) is 5.91 Å². The molecule has 104 valence electrons. The zero-order valence-electron chi connectivity index (χ0n) is 10.6. The van der Waals surface area contributed by atoms with Crippen LogP contribution in [0.1, 0.15) is 11.3 Å². The molecule has 0 aliphatic heterocycles. The Morgan fingerprint density at radius 2 is 2.15 bits per heavy atom. The lowest BCUT2D eigenvalue weighted by Gasteiger charge is -2.01. The van der Waals surface area contributed by atoms with Gasteiger partial charge in [0.2, 0.25) is 5.91 Å². The Morgan fingerprint density at radius 3 is 2.85 bits per heavy atom. The quantitative estimate of drug-likeness (QED) is 0.849. The maximum absolute atomic E-state index is 11.6. The molecule has 2 aromatic rings. The van der Waals surface area contributed by atoms with Crippen LogP contribution in [0.15, 0.2) is 47.1 Å². The number of hydrogen-bond donors (Lipinski definition) is 1. The van der Waals surface area contributed by atoms with Gasteiger partial charge in [0.05, 0.1) is 6.26 Å². The molecule has 0 bridgehead atoms. The van der Waals surface area contributed by atoms with E-state index < -0.39 is 0 Å². The molecule has 5 heteroatoms. The summed E-state index contributed by atoms with van der Waals surface area (Å²) in [5.74, 6) is 0.664. The minimum absolute atomic E-state index is 0.178. The van der Waals surface area contributed by atoms with Crippen molar-refractivity contribution >= 4 is 35.2 Å². The summed E-state index contributed by atoms with van der Waals surface area (Å²) >= 11 is 11.8. The third-order valence-corrected chi connectivity index (χ3v) is 3.19. The molecule has 1 aromatic carbocycles. The summed E-state index contributed by atoms with van der Waals surface area (Å²) in [7, 11) is 0. The lowest BCUT2D eigenvalue weighted by molar-refractivity contribution is -0.116. The summed E-state index contributed by atoms with van der Waals surface area (Å²) in [5.41, 5.74) is 0.747. The van der Waals surface area contributed by atoms with Gasteiger partial charge in [0, 0.05) is 29.1 Å². The van der Waals surface area contributed by atoms with Crippen LogP contribution in [0.2, 0.25) is 10.0 Å². The highest BCUT2D eigenvalue weighted by Crippen LogP contribution is 2.21. The maximum atomic E-state index is 11.6. The van der Waals surface area contributed by atoms with Gasteiger partial charge in [0.15, 0.2) is 0 Å². The van der Waals surface area contributed by atoms with Gasteiger partial charge in [-0.15, -0.1) is 0 Å². The van der Waals surface area contributed by atoms with Crippen molar-refractivity contribution in [2.75, 3.05) is 6.54 Å². The van der Waals surface area contributed by atoms with Gasteiger partial charge < -0.3 is 9.73 Å². The lowest BCUT2D eigenvalue weighted by atomic mass is 10.2. The van der Waals surface area contributed by atoms with Crippen LogP contribution < -0.4 is 5.32 Å². The highest BCUT2D eigenvalue weighted by atomic mass is 35.5. The molecule has 0 fully saturated rings. The van der Waals surface area contributed by atoms with E-state index in [1.165, 1.54) is 6.08 Å². The molecule has 1 N–H and O–H groups in total. The predicted octanol–water partition coefficient (Wildman–Crippen LogP) is 3.96. The fraction of sp³-hybridized carbons (Fsp3) is 0.133. The van der Waals surface area contributed by atoms with Crippen LogP contribution in [0.5, 0.6) is 0 Å². The zero-order chi connectivity index (χ0) is 14.4. The minimum atomic E-state index is -0.178. The van der Waals surface area contributed by atoms with Crippen molar-refractivity contribution in [2.24, 2.45) is 0 Å². The average molecular weight is 310 g/mol. The smallest absolute Gasteiger partial charge is 0.244 e. The molecule has 1 heterocycles. The van der Waals surface area contributed by atoms with Gasteiger partial charge in [0.25, 0.3) is 0 Å². The lowest BCUT2D eigenvalue weighted by Crippen LogP contribution is -2.23. The van der Waals surface area contributed by atoms with E-state index in [2.05, 4.69) is 5.32 Å². The molecule has 0 unspecified atom stereocenters. The van der Waals surface area contributed by atoms with Crippen molar-refractivity contribution in [3.8, 4) is 0 Å². The average Bonchev–Trinajstić information content (AvgIpc) is 2.91. The van der Waals surface area contributed by atoms with Gasteiger partial charge in [-0.3, -0.25) is 4.79 Å². The van der Waals surface area contributed by atoms with Crippen molar-refractivity contribution in [1.29, 1.82) is 0 Å². The Morgan fingerprint density at radius 1 is 1.30 bits per heavy atom. The summed E-state index contributed by atoms with van der Waals surface area (Å²) in [5, 5.41) is 3.84. The van der Waals surface area contributed by atoms with E-state index in [1.807, 2.05) is 12.1 Å². The molecule has 2 rings (SSSR count). The van der Waals surface area contributed by atoms with Gasteiger partial charge in [0.1, 0.15) is 5.76 Å². The van der Waals surface area contributed by atoms with Gasteiger partial charge in [-0.05, 0) is 35.9 Å². The number of halogens is 2. The summed E-state index contributed by atoms with van der Waals surface area (Å²) in [4.78, 5) is 11.6. The summed E-state index contributed by atoms with van der Waals surface area (Å²) < 4.78 is 5.17. The Kier molecular flexibility index (Phi) is 5.27. The molecule has 0 aliphatic carbocycles. The number of furan rings is 1. The van der Waals surface area contributed by atoms with Crippen LogP contribution in [-0.2, 0) is 11.2 Å². The molecule has 0 aliphatic rings. The predicted molar refractivity (Wildman–Crippen MR) is 80.9 cm³/mol. The first-order chi connectivity index (χ1) is 9.65. The van der Waals surface area contributed by atoms with Crippen LogP contribution in [0.25, 0.3) is 6.08 Å². The van der Waals surface area contributed by atoms with Crippen LogP contribution in [-0.4, -0.2) is 12.5 Å². The first kappa shape index (κ1) is 14.7. The molecule has 20 heavy (non-hydrogen) atoms. The van der Waals surface area contributed by atoms with Crippen molar-refractivity contribution < 1.29 is 9.21 Å². The van der Waals surface area contributed by atoms with Crippen molar-refractivity contribution in [2.45, 2.75) is 6.42 Å². The van der Waals surface area contributed by atoms with E-state index in [4.69, 9.17) is 27.6 Å². The number of rotatable bonds is 5. The van der Waals surface area contributed by atoms with Gasteiger partial charge >= 0.3 is 0 Å². The zero-order valence-corrected chi connectivity index (χ0v) is 12.1. The topological polar surface area (TPSA) is 42.2 Å². The standard InChI is InChI=1S/C15H13Cl2NO2/c16-12-5-3-11(14(17)10-12)4-6-15(19)18-8-7-13-2-1-9-20-13/h1-6,9-10H,7-8H2,(H,18,19)/b6-4+. The van der Waals surface area contributed by atoms with Crippen LogP contribution >= 0.6 is 23.2 Å². The second-order valence-electron chi connectivity index (χ2n) is 4.12. The van der Waals surface area contributed by atoms with E-state index >= 15 is 0 Å². The van der Waals surface area contributed by atoms with E-state index in [1.54, 1.807) is 30.5 Å². The van der Waals surface area contributed by atoms with E-state index in [0.717, 1.165) is 11.3 Å². The van der Waals surface area contributed by atoms with E-state index in [9.17, 15) is 4.79 Å². The first-order valence-corrected chi connectivity index (χ1v) is 6.84. The fourth-order valence-electron chi connectivity index (χ4n) is 1.62. The summed E-state index contributed by atoms with van der Waals surface area (Å²) in [6.07, 6.45) is 5.37. The third-order valence-electron chi connectivity index (χ3n) is 2.63. The number of carbonyl (C=O) groups is 1. The molecular weight excluding hydrogens is 297 g/mol. The van der Waals surface area contributed by atoms with E-state index in [0.29, 0.717) is 23.0 Å². The summed E-state index contributed by atoms with van der Waals surface area (Å²) in [6.45, 7) is 0.519. The normalized spacial score (nSPS) is 10.9. The molecule has 0 radical (unpaired) electrons. The Balaban J connectivity index is 1.83. The highest BCUT2D eigenvalue weighted by Gasteiger charge is 2.00. The Hall–Kier alpha value is -1.71. The molecule has 0 spiro atoms. The number of nitrogens with one attached hydrogen (secondary N) is 1. The highest BCUT2D eigenvalue weighted by molar-refractivity contribution is 6.35. The number of benzene rings is 1. The van der Waals surface area contributed by atoms with Crippen LogP contribution in [0.3, 0.4) is 0 Å². The molecule has 0 saturated heterocycles. The second kappa shape index (κ2) is 7.17. The Bertz CT molecular complexity index is 606. The third kappa shape index (κ3) is 4.44. The van der Waals surface area contributed by atoms with Crippen molar-refractivity contribution in [3.63, 3.8) is 0 Å². The number of hydrogen-bond acceptors (Lipinski definition) is 2. The molecular formula is C15H13Cl2NO2. The van der Waals surface area contributed by atoms with Crippen LogP contribution in [0, 0.1) is 0 Å². The van der Waals surface area contributed by atoms with Gasteiger partial charge in [-0.25, -0.2) is 0 Å². The maximum Gasteiger partial charge on any atom is 0.244 e. The molecule has 1 aromatic heterocycles. The second-order valence-corrected chi connectivity index (χ2v) is 4.96. The minimum Gasteiger partial charge on any atom is -0.469 e. The van der Waals surface area contributed by atoms with Gasteiger partial charge in [-0.1, -0.05) is 29.3 Å². The van der Waals surface area contributed by atoms with Crippen molar-refractivity contribution in [1.82, 2.24) is 5.32 Å². The van der Waals surface area contributed by atoms with Gasteiger partial charge in [-0.2, -0.15) is 0 Å². The SMILES string of the molecule is O=C(/C=C/c1ccc(Cl)cc1Cl)NCCc1ccco1. The number of carbonyl (C=O) groups excluding carboxylic acids is 1. The largest absolute Gasteiger partial charge is 0.469 e. The first-order valence-electron chi connectivity index (χ1n) is 6.08. The molecule has 0 saturated carbocycles. The van der Waals surface area contributed by atoms with Crippen molar-refractivity contribution in [3.05, 3.63) is 64.0 Å². The monoisotopic (exact) mass is 309 g/mol. The number of amides is 1. The summed E-state index contributed by atoms with van der Waals surface area (Å²) in [6, 6.07) is 8.81. The Labute approximate surface area is 127 Å². The molecule has 3 nitrogen and oxygen atoms in total. The molecule has 1 amide bonds. The van der Waals surface area contributed by atoms with Crippen LogP contribution in [0.4, 0.5) is 0 Å². The molecule has 0 atom stereocenters. The fourth-order valence-corrected chi connectivity index (χ4v) is 2.10.